The van der Waals surface area contributed by atoms with E-state index in [4.69, 9.17) is 5.73 Å². The Labute approximate surface area is 145 Å². The second-order valence-electron chi connectivity index (χ2n) is 6.10. The molecular formula is C18H21F3N4. The van der Waals surface area contributed by atoms with Crippen LogP contribution in [0.15, 0.2) is 42.6 Å². The van der Waals surface area contributed by atoms with Crippen LogP contribution in [0, 0.1) is 0 Å². The number of benzene rings is 1. The number of rotatable bonds is 4. The van der Waals surface area contributed by atoms with Crippen molar-refractivity contribution in [3.05, 3.63) is 48.2 Å². The van der Waals surface area contributed by atoms with Gasteiger partial charge in [0.15, 0.2) is 0 Å². The number of nitrogens with zero attached hydrogens (tertiary/aromatic N) is 3. The topological polar surface area (TPSA) is 45.4 Å². The van der Waals surface area contributed by atoms with Crippen molar-refractivity contribution in [1.82, 2.24) is 9.88 Å². The fourth-order valence-electron chi connectivity index (χ4n) is 2.98. The largest absolute Gasteiger partial charge is 0.416 e. The van der Waals surface area contributed by atoms with Gasteiger partial charge < -0.3 is 10.6 Å². The maximum atomic E-state index is 12.6. The Morgan fingerprint density at radius 2 is 1.56 bits per heavy atom. The molecule has 4 nitrogen and oxygen atoms in total. The molecule has 0 aliphatic carbocycles. The van der Waals surface area contributed by atoms with Gasteiger partial charge in [-0.1, -0.05) is 12.1 Å². The number of hydrogen-bond donors (Lipinski definition) is 1. The van der Waals surface area contributed by atoms with Gasteiger partial charge >= 0.3 is 6.18 Å². The Hall–Kier alpha value is -2.12. The number of alkyl halides is 3. The van der Waals surface area contributed by atoms with Crippen molar-refractivity contribution in [2.24, 2.45) is 5.73 Å². The van der Waals surface area contributed by atoms with Crippen LogP contribution in [0.25, 0.3) is 11.1 Å². The van der Waals surface area contributed by atoms with Gasteiger partial charge in [0.25, 0.3) is 0 Å². The molecule has 2 aromatic rings. The zero-order valence-electron chi connectivity index (χ0n) is 13.8. The average molecular weight is 350 g/mol. The summed E-state index contributed by atoms with van der Waals surface area (Å²) in [7, 11) is 0. The van der Waals surface area contributed by atoms with Crippen molar-refractivity contribution >= 4 is 5.82 Å². The molecular weight excluding hydrogens is 329 g/mol. The molecule has 0 bridgehead atoms. The van der Waals surface area contributed by atoms with Gasteiger partial charge in [-0.05, 0) is 29.8 Å². The van der Waals surface area contributed by atoms with Crippen LogP contribution in [0.5, 0.6) is 0 Å². The molecule has 0 amide bonds. The molecule has 0 saturated carbocycles. The Bertz CT molecular complexity index is 675. The molecule has 1 aromatic heterocycles. The van der Waals surface area contributed by atoms with Crippen LogP contribution >= 0.6 is 0 Å². The van der Waals surface area contributed by atoms with Gasteiger partial charge in [-0.25, -0.2) is 4.98 Å². The predicted octanol–water partition coefficient (Wildman–Crippen LogP) is 2.85. The smallest absolute Gasteiger partial charge is 0.354 e. The van der Waals surface area contributed by atoms with Crippen molar-refractivity contribution in [3.63, 3.8) is 0 Å². The number of aromatic nitrogens is 1. The Morgan fingerprint density at radius 3 is 2.08 bits per heavy atom. The first-order chi connectivity index (χ1) is 12.0. The number of nitrogens with two attached hydrogens (primary N) is 1. The van der Waals surface area contributed by atoms with Crippen molar-refractivity contribution in [3.8, 4) is 11.1 Å². The van der Waals surface area contributed by atoms with Gasteiger partial charge in [0, 0.05) is 51.0 Å². The summed E-state index contributed by atoms with van der Waals surface area (Å²) in [5, 5.41) is 0. The standard InChI is InChI=1S/C18H21F3N4/c19-18(20,21)16-4-1-14(2-5-16)15-3-6-17(23-13-15)25-11-9-24(8-7-22)10-12-25/h1-6,13H,7-12,22H2. The molecule has 1 aliphatic heterocycles. The first-order valence-electron chi connectivity index (χ1n) is 8.28. The third kappa shape index (κ3) is 4.29. The van der Waals surface area contributed by atoms with E-state index in [-0.39, 0.29) is 0 Å². The highest BCUT2D eigenvalue weighted by molar-refractivity contribution is 5.64. The Balaban J connectivity index is 1.66. The molecule has 3 rings (SSSR count). The van der Waals surface area contributed by atoms with Gasteiger partial charge in [0.05, 0.1) is 5.56 Å². The van der Waals surface area contributed by atoms with Gasteiger partial charge in [-0.3, -0.25) is 4.90 Å². The number of hydrogen-bond acceptors (Lipinski definition) is 4. The Morgan fingerprint density at radius 1 is 0.920 bits per heavy atom. The van der Waals surface area contributed by atoms with E-state index < -0.39 is 11.7 Å². The van der Waals surface area contributed by atoms with E-state index in [0.29, 0.717) is 6.54 Å². The minimum absolute atomic E-state index is 0.642. The SMILES string of the molecule is NCCN1CCN(c2ccc(-c3ccc(C(F)(F)F)cc3)cn2)CC1. The minimum Gasteiger partial charge on any atom is -0.354 e. The maximum absolute atomic E-state index is 12.6. The molecule has 7 heteroatoms. The van der Waals surface area contributed by atoms with Gasteiger partial charge in [-0.2, -0.15) is 13.2 Å². The summed E-state index contributed by atoms with van der Waals surface area (Å²) in [6.07, 6.45) is -2.60. The molecule has 25 heavy (non-hydrogen) atoms. The summed E-state index contributed by atoms with van der Waals surface area (Å²) in [5.41, 5.74) is 6.46. The molecule has 0 radical (unpaired) electrons. The van der Waals surface area contributed by atoms with Gasteiger partial charge in [-0.15, -0.1) is 0 Å². The third-order valence-electron chi connectivity index (χ3n) is 4.44. The summed E-state index contributed by atoms with van der Waals surface area (Å²) in [4.78, 5) is 9.02. The molecule has 2 heterocycles. The third-order valence-corrected chi connectivity index (χ3v) is 4.44. The lowest BCUT2D eigenvalue weighted by Gasteiger charge is -2.35. The molecule has 1 saturated heterocycles. The minimum atomic E-state index is -4.31. The van der Waals surface area contributed by atoms with Crippen LogP contribution in [-0.2, 0) is 6.18 Å². The van der Waals surface area contributed by atoms with E-state index in [1.54, 1.807) is 6.20 Å². The molecule has 1 fully saturated rings. The lowest BCUT2D eigenvalue weighted by molar-refractivity contribution is -0.137. The van der Waals surface area contributed by atoms with E-state index in [1.807, 2.05) is 12.1 Å². The quantitative estimate of drug-likeness (QED) is 0.921. The van der Waals surface area contributed by atoms with Gasteiger partial charge in [0.1, 0.15) is 5.82 Å². The van der Waals surface area contributed by atoms with Crippen molar-refractivity contribution in [1.29, 1.82) is 0 Å². The predicted molar refractivity (Wildman–Crippen MR) is 92.4 cm³/mol. The Kier molecular flexibility index (Phi) is 5.24. The monoisotopic (exact) mass is 350 g/mol. The van der Waals surface area contributed by atoms with Crippen LogP contribution in [0.2, 0.25) is 0 Å². The van der Waals surface area contributed by atoms with Crippen LogP contribution in [0.1, 0.15) is 5.56 Å². The normalized spacial score (nSPS) is 16.2. The molecule has 134 valence electrons. The lowest BCUT2D eigenvalue weighted by Crippen LogP contribution is -2.48. The molecule has 0 atom stereocenters. The zero-order valence-corrected chi connectivity index (χ0v) is 13.8. The number of anilines is 1. The number of pyridine rings is 1. The van der Waals surface area contributed by atoms with Crippen LogP contribution in [-0.4, -0.2) is 49.2 Å². The summed E-state index contributed by atoms with van der Waals surface area (Å²) >= 11 is 0. The fraction of sp³-hybridized carbons (Fsp3) is 0.389. The highest BCUT2D eigenvalue weighted by Gasteiger charge is 2.30. The molecule has 0 unspecified atom stereocenters. The van der Waals surface area contributed by atoms with Crippen molar-refractivity contribution < 1.29 is 13.2 Å². The van der Waals surface area contributed by atoms with Gasteiger partial charge in [0.2, 0.25) is 0 Å². The summed E-state index contributed by atoms with van der Waals surface area (Å²) in [6.45, 7) is 5.28. The van der Waals surface area contributed by atoms with E-state index >= 15 is 0 Å². The molecule has 1 aliphatic rings. The van der Waals surface area contributed by atoms with E-state index in [1.165, 1.54) is 12.1 Å². The summed E-state index contributed by atoms with van der Waals surface area (Å²) in [6, 6.07) is 8.97. The fourth-order valence-corrected chi connectivity index (χ4v) is 2.98. The van der Waals surface area contributed by atoms with Crippen molar-refractivity contribution in [2.75, 3.05) is 44.2 Å². The van der Waals surface area contributed by atoms with E-state index in [0.717, 1.165) is 61.8 Å². The number of piperazine rings is 1. The van der Waals surface area contributed by atoms with Crippen LogP contribution in [0.4, 0.5) is 19.0 Å². The summed E-state index contributed by atoms with van der Waals surface area (Å²) < 4.78 is 37.9. The first-order valence-corrected chi connectivity index (χ1v) is 8.28. The molecule has 2 N–H and O–H groups in total. The second-order valence-corrected chi connectivity index (χ2v) is 6.10. The zero-order chi connectivity index (χ0) is 17.9. The average Bonchev–Trinajstić information content (AvgIpc) is 2.62. The van der Waals surface area contributed by atoms with Crippen LogP contribution in [0.3, 0.4) is 0 Å². The van der Waals surface area contributed by atoms with E-state index in [9.17, 15) is 13.2 Å². The highest BCUT2D eigenvalue weighted by Crippen LogP contribution is 2.31. The molecule has 0 spiro atoms. The maximum Gasteiger partial charge on any atom is 0.416 e. The van der Waals surface area contributed by atoms with Crippen molar-refractivity contribution in [2.45, 2.75) is 6.18 Å². The van der Waals surface area contributed by atoms with E-state index in [2.05, 4.69) is 14.8 Å². The molecule has 1 aromatic carbocycles. The van der Waals surface area contributed by atoms with Crippen LogP contribution < -0.4 is 10.6 Å². The lowest BCUT2D eigenvalue weighted by atomic mass is 10.1. The summed E-state index contributed by atoms with van der Waals surface area (Å²) in [5.74, 6) is 0.892. The highest BCUT2D eigenvalue weighted by atomic mass is 19.4. The first kappa shape index (κ1) is 17.7. The second kappa shape index (κ2) is 7.41. The number of halogens is 3.